The Balaban J connectivity index is 1.73. The number of benzene rings is 1. The van der Waals surface area contributed by atoms with Crippen molar-refractivity contribution in [3.05, 3.63) is 35.9 Å². The lowest BCUT2D eigenvalue weighted by atomic mass is 9.89. The number of hydrogen-bond donors (Lipinski definition) is 4. The third-order valence-electron chi connectivity index (χ3n) is 10.7. The number of amides is 6. The molecule has 3 unspecified atom stereocenters. The number of methoxy groups -OCH3 is 2. The minimum Gasteiger partial charge on any atom is -0.394 e. The summed E-state index contributed by atoms with van der Waals surface area (Å²) < 4.78 is 11.9. The smallest absolute Gasteiger partial charge is 0.318 e. The number of aliphatic hydroxyl groups is 1. The van der Waals surface area contributed by atoms with Crippen LogP contribution in [0.3, 0.4) is 0 Å². The Kier molecular flexibility index (Phi) is 16.8. The van der Waals surface area contributed by atoms with Gasteiger partial charge in [-0.1, -0.05) is 71.4 Å². The summed E-state index contributed by atoms with van der Waals surface area (Å²) in [6, 6.07) is 6.99. The summed E-state index contributed by atoms with van der Waals surface area (Å²) in [6.07, 6.45) is 1.36. The van der Waals surface area contributed by atoms with Crippen LogP contribution < -0.4 is 16.0 Å². The fourth-order valence-corrected chi connectivity index (χ4v) is 7.47. The Hall–Kier alpha value is -3.75. The second-order valence-corrected chi connectivity index (χ2v) is 14.6. The number of ether oxygens (including phenoxy) is 2. The van der Waals surface area contributed by atoms with Crippen LogP contribution in [0.25, 0.3) is 0 Å². The van der Waals surface area contributed by atoms with Gasteiger partial charge >= 0.3 is 6.03 Å². The molecule has 6 amide bonds. The fourth-order valence-electron chi connectivity index (χ4n) is 7.47. The summed E-state index contributed by atoms with van der Waals surface area (Å²) in [4.78, 5) is 71.5. The van der Waals surface area contributed by atoms with E-state index in [1.807, 2.05) is 58.0 Å². The Morgan fingerprint density at radius 3 is 2.31 bits per heavy atom. The molecule has 52 heavy (non-hydrogen) atoms. The zero-order chi connectivity index (χ0) is 38.5. The van der Waals surface area contributed by atoms with E-state index in [1.165, 1.54) is 12.0 Å². The number of nitrogens with zero attached hydrogens (tertiary/aromatic N) is 3. The highest BCUT2D eigenvalue weighted by Crippen LogP contribution is 2.29. The second-order valence-electron chi connectivity index (χ2n) is 14.6. The Morgan fingerprint density at radius 1 is 1.04 bits per heavy atom. The fraction of sp³-hybridized carbons (Fsp3) is 0.711. The van der Waals surface area contributed by atoms with Crippen LogP contribution in [0.5, 0.6) is 0 Å². The molecule has 0 radical (unpaired) electrons. The summed E-state index contributed by atoms with van der Waals surface area (Å²) in [5.74, 6) is -1.89. The molecule has 2 fully saturated rings. The summed E-state index contributed by atoms with van der Waals surface area (Å²) in [7, 11) is 4.76. The highest BCUT2D eigenvalue weighted by atomic mass is 16.5. The van der Waals surface area contributed by atoms with Gasteiger partial charge in [0.25, 0.3) is 0 Å². The molecule has 0 saturated carbocycles. The average molecular weight is 731 g/mol. The molecular formula is C38H62N6O8. The maximum absolute atomic E-state index is 14.1. The Labute approximate surface area is 309 Å². The van der Waals surface area contributed by atoms with Crippen molar-refractivity contribution in [3.8, 4) is 0 Å². The second kappa shape index (κ2) is 20.5. The van der Waals surface area contributed by atoms with Crippen molar-refractivity contribution in [3.63, 3.8) is 0 Å². The van der Waals surface area contributed by atoms with Crippen molar-refractivity contribution in [2.24, 2.45) is 17.8 Å². The van der Waals surface area contributed by atoms with Gasteiger partial charge in [-0.15, -0.1) is 0 Å². The molecule has 292 valence electrons. The van der Waals surface area contributed by atoms with E-state index in [9.17, 15) is 29.1 Å². The summed E-state index contributed by atoms with van der Waals surface area (Å²) in [5.41, 5.74) is 0.999. The van der Waals surface area contributed by atoms with Gasteiger partial charge < -0.3 is 45.2 Å². The zero-order valence-corrected chi connectivity index (χ0v) is 32.3. The monoisotopic (exact) mass is 730 g/mol. The largest absolute Gasteiger partial charge is 0.394 e. The number of carbonyl (C=O) groups excluding carboxylic acids is 5. The standard InChI is InChI=1S/C38H62N6O8/c1-9-25(4)34(42(6)37(49)33(24(2)3)41-38(50)43-19-17-39-31(46)22-43)30(51-7)21-32(47)44-18-13-16-29(44)35(52-8)26(5)36(48)40-28(23-45)20-27-14-11-10-12-15-27/h10-12,14-15,24-26,28-30,33-35,45H,9,13,16-23H2,1-8H3,(H,39,46)(H,40,48)(H,41,50)/t25-,26+,28?,29?,30+,33?,34-,35+/m0/s1. The molecule has 4 N–H and O–H groups in total. The van der Waals surface area contributed by atoms with Crippen LogP contribution in [-0.4, -0.2) is 140 Å². The van der Waals surface area contributed by atoms with Crippen molar-refractivity contribution >= 4 is 29.7 Å². The molecule has 2 saturated heterocycles. The van der Waals surface area contributed by atoms with Gasteiger partial charge in [0, 0.05) is 40.9 Å². The zero-order valence-electron chi connectivity index (χ0n) is 32.3. The van der Waals surface area contributed by atoms with Crippen molar-refractivity contribution in [2.45, 2.75) is 103 Å². The first kappa shape index (κ1) is 42.7. The molecule has 1 aromatic carbocycles. The first-order chi connectivity index (χ1) is 24.8. The molecular weight excluding hydrogens is 668 g/mol. The number of likely N-dealkylation sites (tertiary alicyclic amines) is 1. The van der Waals surface area contributed by atoms with Gasteiger partial charge in [-0.3, -0.25) is 19.2 Å². The van der Waals surface area contributed by atoms with Gasteiger partial charge in [0.1, 0.15) is 12.6 Å². The van der Waals surface area contributed by atoms with Gasteiger partial charge in [-0.25, -0.2) is 4.79 Å². The highest BCUT2D eigenvalue weighted by Gasteiger charge is 2.43. The number of rotatable bonds is 18. The first-order valence-corrected chi connectivity index (χ1v) is 18.7. The number of aliphatic hydroxyl groups excluding tert-OH is 1. The van der Waals surface area contributed by atoms with Crippen LogP contribution in [-0.2, 0) is 35.1 Å². The lowest BCUT2D eigenvalue weighted by Gasteiger charge is -2.41. The summed E-state index contributed by atoms with van der Waals surface area (Å²) >= 11 is 0. The Morgan fingerprint density at radius 2 is 1.73 bits per heavy atom. The molecule has 14 heteroatoms. The SMILES string of the molecule is CC[C@H](C)[C@@H]([C@@H](CC(=O)N1CCCC1[C@H](OC)[C@@H](C)C(=O)NC(CO)Cc1ccccc1)OC)N(C)C(=O)C(NC(=O)N1CCNC(=O)C1)C(C)C. The van der Waals surface area contributed by atoms with E-state index in [4.69, 9.17) is 9.47 Å². The van der Waals surface area contributed by atoms with E-state index in [2.05, 4.69) is 16.0 Å². The Bertz CT molecular complexity index is 1330. The van der Waals surface area contributed by atoms with Crippen molar-refractivity contribution in [1.82, 2.24) is 30.7 Å². The van der Waals surface area contributed by atoms with Gasteiger partial charge in [0.05, 0.1) is 49.3 Å². The number of hydrogen-bond acceptors (Lipinski definition) is 8. The molecule has 2 heterocycles. The van der Waals surface area contributed by atoms with Gasteiger partial charge in [-0.05, 0) is 36.7 Å². The third-order valence-corrected chi connectivity index (χ3v) is 10.7. The quantitative estimate of drug-likeness (QED) is 0.177. The molecule has 0 aliphatic carbocycles. The highest BCUT2D eigenvalue weighted by molar-refractivity contribution is 5.90. The summed E-state index contributed by atoms with van der Waals surface area (Å²) in [5, 5.41) is 18.5. The maximum atomic E-state index is 14.1. The minimum absolute atomic E-state index is 0.00188. The molecule has 0 aromatic heterocycles. The lowest BCUT2D eigenvalue weighted by molar-refractivity contribution is -0.147. The van der Waals surface area contributed by atoms with E-state index in [-0.39, 0.29) is 61.1 Å². The van der Waals surface area contributed by atoms with E-state index in [0.717, 1.165) is 12.0 Å². The van der Waals surface area contributed by atoms with Crippen molar-refractivity contribution in [1.29, 1.82) is 0 Å². The van der Waals surface area contributed by atoms with E-state index >= 15 is 0 Å². The number of urea groups is 1. The number of carbonyl (C=O) groups is 5. The summed E-state index contributed by atoms with van der Waals surface area (Å²) in [6.45, 7) is 10.4. The normalized spacial score (nSPS) is 20.3. The van der Waals surface area contributed by atoms with Crippen LogP contribution in [0.1, 0.15) is 65.9 Å². The van der Waals surface area contributed by atoms with Crippen LogP contribution in [0.4, 0.5) is 4.79 Å². The number of piperazine rings is 1. The van der Waals surface area contributed by atoms with Crippen LogP contribution in [0, 0.1) is 17.8 Å². The van der Waals surface area contributed by atoms with Gasteiger partial charge in [0.15, 0.2) is 0 Å². The molecule has 0 bridgehead atoms. The molecule has 8 atom stereocenters. The van der Waals surface area contributed by atoms with Crippen LogP contribution in [0.15, 0.2) is 30.3 Å². The first-order valence-electron chi connectivity index (χ1n) is 18.7. The van der Waals surface area contributed by atoms with Gasteiger partial charge in [0.2, 0.25) is 23.6 Å². The van der Waals surface area contributed by atoms with Crippen LogP contribution >= 0.6 is 0 Å². The van der Waals surface area contributed by atoms with E-state index < -0.39 is 42.3 Å². The average Bonchev–Trinajstić information content (AvgIpc) is 3.62. The predicted molar refractivity (Wildman–Crippen MR) is 197 cm³/mol. The molecule has 2 aliphatic rings. The molecule has 0 spiro atoms. The molecule has 14 nitrogen and oxygen atoms in total. The maximum Gasteiger partial charge on any atom is 0.318 e. The number of nitrogens with one attached hydrogen (secondary N) is 3. The topological polar surface area (TPSA) is 170 Å². The third kappa shape index (κ3) is 11.1. The number of likely N-dealkylation sites (N-methyl/N-ethyl adjacent to an activating group) is 1. The molecule has 3 rings (SSSR count). The van der Waals surface area contributed by atoms with Gasteiger partial charge in [-0.2, -0.15) is 0 Å². The van der Waals surface area contributed by atoms with Crippen LogP contribution in [0.2, 0.25) is 0 Å². The van der Waals surface area contributed by atoms with E-state index in [0.29, 0.717) is 38.9 Å². The minimum atomic E-state index is -0.863. The van der Waals surface area contributed by atoms with E-state index in [1.54, 1.807) is 30.9 Å². The van der Waals surface area contributed by atoms with Crippen molar-refractivity contribution < 1.29 is 38.6 Å². The van der Waals surface area contributed by atoms with Crippen molar-refractivity contribution in [2.75, 3.05) is 54.1 Å². The lowest BCUT2D eigenvalue weighted by Crippen LogP contribution is -2.60. The molecule has 2 aliphatic heterocycles. The predicted octanol–water partition coefficient (Wildman–Crippen LogP) is 1.79. The molecule has 1 aromatic rings.